The normalized spacial score (nSPS) is 11.9. The summed E-state index contributed by atoms with van der Waals surface area (Å²) in [4.78, 5) is 19.9. The van der Waals surface area contributed by atoms with E-state index in [1.165, 1.54) is 0 Å². The molecule has 6 nitrogen and oxygen atoms in total. The van der Waals surface area contributed by atoms with E-state index in [2.05, 4.69) is 25.9 Å². The summed E-state index contributed by atoms with van der Waals surface area (Å²) in [6.45, 7) is 6.78. The van der Waals surface area contributed by atoms with Gasteiger partial charge in [0.05, 0.1) is 6.54 Å². The number of guanidine groups is 1. The molecule has 0 aliphatic heterocycles. The van der Waals surface area contributed by atoms with Crippen molar-refractivity contribution < 1.29 is 4.79 Å². The second-order valence-electron chi connectivity index (χ2n) is 5.76. The molecule has 0 aliphatic rings. The molecular weight excluding hydrogens is 266 g/mol. The molecule has 0 atom stereocenters. The molecule has 1 aromatic rings. The topological polar surface area (TPSA) is 78.4 Å². The highest BCUT2D eigenvalue weighted by Crippen LogP contribution is 1.97. The fourth-order valence-electron chi connectivity index (χ4n) is 1.72. The molecule has 1 aromatic heterocycles. The van der Waals surface area contributed by atoms with Crippen LogP contribution in [-0.2, 0) is 11.2 Å². The number of pyridine rings is 1. The van der Waals surface area contributed by atoms with E-state index >= 15 is 0 Å². The molecule has 0 saturated carbocycles. The zero-order valence-corrected chi connectivity index (χ0v) is 13.2. The van der Waals surface area contributed by atoms with Crippen molar-refractivity contribution in [1.82, 2.24) is 20.9 Å². The van der Waals surface area contributed by atoms with E-state index in [9.17, 15) is 4.79 Å². The van der Waals surface area contributed by atoms with Crippen LogP contribution in [-0.4, -0.2) is 42.5 Å². The average Bonchev–Trinajstić information content (AvgIpc) is 2.42. The van der Waals surface area contributed by atoms with Crippen LogP contribution in [0.3, 0.4) is 0 Å². The van der Waals surface area contributed by atoms with Gasteiger partial charge in [-0.3, -0.25) is 14.8 Å². The molecule has 0 fully saturated rings. The number of carbonyl (C=O) groups excluding carboxylic acids is 1. The number of nitrogens with zero attached hydrogens (tertiary/aromatic N) is 2. The third-order valence-corrected chi connectivity index (χ3v) is 2.58. The van der Waals surface area contributed by atoms with Crippen LogP contribution in [0.4, 0.5) is 0 Å². The van der Waals surface area contributed by atoms with Crippen molar-refractivity contribution in [3.63, 3.8) is 0 Å². The maximum atomic E-state index is 11.7. The number of nitrogens with one attached hydrogen (secondary N) is 3. The Bertz CT molecular complexity index is 465. The first-order valence-corrected chi connectivity index (χ1v) is 7.05. The Balaban J connectivity index is 2.28. The van der Waals surface area contributed by atoms with Crippen molar-refractivity contribution in [2.45, 2.75) is 32.7 Å². The third kappa shape index (κ3) is 7.91. The van der Waals surface area contributed by atoms with Crippen LogP contribution in [0.25, 0.3) is 0 Å². The van der Waals surface area contributed by atoms with Gasteiger partial charge in [0.25, 0.3) is 0 Å². The fourth-order valence-corrected chi connectivity index (χ4v) is 1.72. The van der Waals surface area contributed by atoms with Gasteiger partial charge >= 0.3 is 0 Å². The first-order chi connectivity index (χ1) is 9.90. The standard InChI is InChI=1S/C15H25N5O/c1-15(2,3)20-13(21)11-19-14(16-4)18-9-7-12-6-5-8-17-10-12/h5-6,8,10H,7,9,11H2,1-4H3,(H,20,21)(H2,16,18,19). The van der Waals surface area contributed by atoms with Crippen LogP contribution >= 0.6 is 0 Å². The summed E-state index contributed by atoms with van der Waals surface area (Å²) in [6.07, 6.45) is 4.45. The van der Waals surface area contributed by atoms with E-state index < -0.39 is 0 Å². The van der Waals surface area contributed by atoms with Crippen molar-refractivity contribution in [2.24, 2.45) is 4.99 Å². The summed E-state index contributed by atoms with van der Waals surface area (Å²) in [6, 6.07) is 3.95. The lowest BCUT2D eigenvalue weighted by Crippen LogP contribution is -2.48. The molecule has 116 valence electrons. The molecule has 0 spiro atoms. The molecule has 0 aromatic carbocycles. The first kappa shape index (κ1) is 16.9. The van der Waals surface area contributed by atoms with E-state index in [1.54, 1.807) is 13.2 Å². The van der Waals surface area contributed by atoms with Crippen molar-refractivity contribution >= 4 is 11.9 Å². The summed E-state index contributed by atoms with van der Waals surface area (Å²) in [5.41, 5.74) is 0.932. The zero-order valence-electron chi connectivity index (χ0n) is 13.2. The fraction of sp³-hybridized carbons (Fsp3) is 0.533. The second-order valence-corrected chi connectivity index (χ2v) is 5.76. The van der Waals surface area contributed by atoms with Gasteiger partial charge in [-0.1, -0.05) is 6.07 Å². The minimum absolute atomic E-state index is 0.0577. The van der Waals surface area contributed by atoms with Crippen LogP contribution in [0.1, 0.15) is 26.3 Å². The van der Waals surface area contributed by atoms with E-state index in [-0.39, 0.29) is 18.0 Å². The van der Waals surface area contributed by atoms with Gasteiger partial charge in [-0.15, -0.1) is 0 Å². The first-order valence-electron chi connectivity index (χ1n) is 7.05. The van der Waals surface area contributed by atoms with Gasteiger partial charge in [0.1, 0.15) is 0 Å². The molecule has 1 heterocycles. The lowest BCUT2D eigenvalue weighted by molar-refractivity contribution is -0.121. The average molecular weight is 291 g/mol. The lowest BCUT2D eigenvalue weighted by atomic mass is 10.1. The number of hydrogen-bond acceptors (Lipinski definition) is 3. The maximum absolute atomic E-state index is 11.7. The zero-order chi connectivity index (χ0) is 15.7. The Hall–Kier alpha value is -2.11. The van der Waals surface area contributed by atoms with Crippen molar-refractivity contribution in [3.05, 3.63) is 30.1 Å². The number of carbonyl (C=O) groups is 1. The minimum atomic E-state index is -0.226. The number of amides is 1. The molecule has 0 aliphatic carbocycles. The van der Waals surface area contributed by atoms with Gasteiger partial charge in [0, 0.05) is 31.5 Å². The summed E-state index contributed by atoms with van der Waals surface area (Å²) in [7, 11) is 1.68. The molecule has 1 rings (SSSR count). The number of hydrogen-bond donors (Lipinski definition) is 3. The van der Waals surface area contributed by atoms with Gasteiger partial charge in [-0.25, -0.2) is 0 Å². The quantitative estimate of drug-likeness (QED) is 0.551. The van der Waals surface area contributed by atoms with Gasteiger partial charge in [-0.2, -0.15) is 0 Å². The summed E-state index contributed by atoms with van der Waals surface area (Å²) >= 11 is 0. The summed E-state index contributed by atoms with van der Waals surface area (Å²) in [5.74, 6) is 0.556. The Morgan fingerprint density at radius 2 is 2.10 bits per heavy atom. The van der Waals surface area contributed by atoms with E-state index in [4.69, 9.17) is 0 Å². The predicted octanol–water partition coefficient (Wildman–Crippen LogP) is 0.704. The highest BCUT2D eigenvalue weighted by Gasteiger charge is 2.13. The number of rotatable bonds is 5. The Morgan fingerprint density at radius 1 is 1.33 bits per heavy atom. The molecule has 0 radical (unpaired) electrons. The van der Waals surface area contributed by atoms with E-state index in [1.807, 2.05) is 39.1 Å². The highest BCUT2D eigenvalue weighted by atomic mass is 16.2. The van der Waals surface area contributed by atoms with Gasteiger partial charge < -0.3 is 16.0 Å². The highest BCUT2D eigenvalue weighted by molar-refractivity contribution is 5.86. The molecule has 1 amide bonds. The molecule has 0 saturated heterocycles. The SMILES string of the molecule is CN=C(NCCc1cccnc1)NCC(=O)NC(C)(C)C. The smallest absolute Gasteiger partial charge is 0.239 e. The Labute approximate surface area is 126 Å². The van der Waals surface area contributed by atoms with Gasteiger partial charge in [0.2, 0.25) is 5.91 Å². The van der Waals surface area contributed by atoms with Crippen molar-refractivity contribution in [1.29, 1.82) is 0 Å². The molecule has 21 heavy (non-hydrogen) atoms. The molecule has 6 heteroatoms. The van der Waals surface area contributed by atoms with Crippen LogP contribution in [0.5, 0.6) is 0 Å². The largest absolute Gasteiger partial charge is 0.356 e. The number of aromatic nitrogens is 1. The monoisotopic (exact) mass is 291 g/mol. The molecule has 0 unspecified atom stereocenters. The second kappa shape index (κ2) is 8.24. The minimum Gasteiger partial charge on any atom is -0.356 e. The van der Waals surface area contributed by atoms with Crippen molar-refractivity contribution in [3.8, 4) is 0 Å². The van der Waals surface area contributed by atoms with E-state index in [0.29, 0.717) is 5.96 Å². The van der Waals surface area contributed by atoms with Crippen LogP contribution in [0.15, 0.2) is 29.5 Å². The van der Waals surface area contributed by atoms with Crippen molar-refractivity contribution in [2.75, 3.05) is 20.1 Å². The lowest BCUT2D eigenvalue weighted by Gasteiger charge is -2.21. The predicted molar refractivity (Wildman–Crippen MR) is 85.2 cm³/mol. The van der Waals surface area contributed by atoms with Gasteiger partial charge in [-0.05, 0) is 38.8 Å². The van der Waals surface area contributed by atoms with Crippen LogP contribution in [0, 0.1) is 0 Å². The molecule has 0 bridgehead atoms. The maximum Gasteiger partial charge on any atom is 0.239 e. The van der Waals surface area contributed by atoms with Crippen LogP contribution < -0.4 is 16.0 Å². The number of aliphatic imine (C=N–C) groups is 1. The molecule has 3 N–H and O–H groups in total. The van der Waals surface area contributed by atoms with Crippen LogP contribution in [0.2, 0.25) is 0 Å². The van der Waals surface area contributed by atoms with Gasteiger partial charge in [0.15, 0.2) is 5.96 Å². The third-order valence-electron chi connectivity index (χ3n) is 2.58. The molecular formula is C15H25N5O. The Kier molecular flexibility index (Phi) is 6.65. The summed E-state index contributed by atoms with van der Waals surface area (Å²) < 4.78 is 0. The Morgan fingerprint density at radius 3 is 2.67 bits per heavy atom. The summed E-state index contributed by atoms with van der Waals surface area (Å²) in [5, 5.41) is 9.04. The van der Waals surface area contributed by atoms with E-state index in [0.717, 1.165) is 18.5 Å².